The van der Waals surface area contributed by atoms with Crippen molar-refractivity contribution in [2.45, 2.75) is 32.1 Å². The van der Waals surface area contributed by atoms with Gasteiger partial charge < -0.3 is 10.5 Å². The van der Waals surface area contributed by atoms with Gasteiger partial charge in [-0.3, -0.25) is 0 Å². The summed E-state index contributed by atoms with van der Waals surface area (Å²) >= 11 is 6.33. The van der Waals surface area contributed by atoms with Gasteiger partial charge in [0.1, 0.15) is 5.75 Å². The minimum atomic E-state index is 0.185. The summed E-state index contributed by atoms with van der Waals surface area (Å²) in [6.07, 6.45) is 0.823. The molecule has 2 aromatic rings. The van der Waals surface area contributed by atoms with Crippen molar-refractivity contribution in [1.29, 1.82) is 0 Å². The molecule has 0 amide bonds. The van der Waals surface area contributed by atoms with Crippen LogP contribution >= 0.6 is 11.6 Å². The van der Waals surface area contributed by atoms with Gasteiger partial charge in [-0.1, -0.05) is 55.8 Å². The third-order valence-corrected chi connectivity index (χ3v) is 4.41. The van der Waals surface area contributed by atoms with Crippen molar-refractivity contribution in [3.63, 3.8) is 0 Å². The van der Waals surface area contributed by atoms with Crippen LogP contribution < -0.4 is 10.5 Å². The summed E-state index contributed by atoms with van der Waals surface area (Å²) < 4.78 is 5.52. The molecule has 2 aromatic carbocycles. The van der Waals surface area contributed by atoms with Gasteiger partial charge in [0.05, 0.1) is 7.11 Å². The quantitative estimate of drug-likeness (QED) is 0.834. The zero-order valence-corrected chi connectivity index (χ0v) is 14.2. The first kappa shape index (κ1) is 16.9. The first-order valence-electron chi connectivity index (χ1n) is 7.68. The van der Waals surface area contributed by atoms with Gasteiger partial charge >= 0.3 is 0 Å². The second kappa shape index (κ2) is 7.66. The molecule has 0 bridgehead atoms. The Balaban J connectivity index is 2.35. The number of rotatable bonds is 6. The van der Waals surface area contributed by atoms with Crippen LogP contribution in [0.15, 0.2) is 42.5 Å². The molecule has 118 valence electrons. The smallest absolute Gasteiger partial charge is 0.122 e. The van der Waals surface area contributed by atoms with Crippen molar-refractivity contribution in [1.82, 2.24) is 0 Å². The summed E-state index contributed by atoms with van der Waals surface area (Å²) in [7, 11) is 1.71. The van der Waals surface area contributed by atoms with Crippen molar-refractivity contribution in [2.75, 3.05) is 13.7 Å². The first-order chi connectivity index (χ1) is 10.6. The van der Waals surface area contributed by atoms with Gasteiger partial charge in [-0.2, -0.15) is 0 Å². The number of hydrogen-bond donors (Lipinski definition) is 1. The number of halogens is 1. The number of ether oxygens (including phenoxy) is 1. The van der Waals surface area contributed by atoms with E-state index in [9.17, 15) is 0 Å². The Morgan fingerprint density at radius 2 is 1.86 bits per heavy atom. The molecule has 0 aliphatic rings. The van der Waals surface area contributed by atoms with Gasteiger partial charge in [0.2, 0.25) is 0 Å². The highest BCUT2D eigenvalue weighted by atomic mass is 35.5. The third kappa shape index (κ3) is 3.82. The van der Waals surface area contributed by atoms with Crippen LogP contribution in [-0.2, 0) is 6.42 Å². The Kier molecular flexibility index (Phi) is 5.87. The first-order valence-corrected chi connectivity index (χ1v) is 8.06. The summed E-state index contributed by atoms with van der Waals surface area (Å²) in [6, 6.07) is 14.3. The molecule has 0 spiro atoms. The average molecular weight is 318 g/mol. The van der Waals surface area contributed by atoms with Crippen LogP contribution in [0.2, 0.25) is 5.02 Å². The monoisotopic (exact) mass is 317 g/mol. The van der Waals surface area contributed by atoms with Crippen LogP contribution in [0.25, 0.3) is 0 Å². The Bertz CT molecular complexity index is 625. The van der Waals surface area contributed by atoms with E-state index >= 15 is 0 Å². The van der Waals surface area contributed by atoms with Gasteiger partial charge in [0.25, 0.3) is 0 Å². The summed E-state index contributed by atoms with van der Waals surface area (Å²) in [4.78, 5) is 0. The standard InChI is InChI=1S/C19H24ClNO/c1-13(2)14-8-9-19(22-3)15(10-14)11-16(12-21)17-6-4-5-7-18(17)20/h4-10,13,16H,11-12,21H2,1-3H3. The number of nitrogens with two attached hydrogens (primary N) is 1. The van der Waals surface area contributed by atoms with Gasteiger partial charge in [0.15, 0.2) is 0 Å². The van der Waals surface area contributed by atoms with Crippen LogP contribution in [0.4, 0.5) is 0 Å². The lowest BCUT2D eigenvalue weighted by Gasteiger charge is -2.19. The van der Waals surface area contributed by atoms with Crippen molar-refractivity contribution in [2.24, 2.45) is 5.73 Å². The highest BCUT2D eigenvalue weighted by Gasteiger charge is 2.17. The summed E-state index contributed by atoms with van der Waals surface area (Å²) in [6.45, 7) is 4.94. The fraction of sp³-hybridized carbons (Fsp3) is 0.368. The van der Waals surface area contributed by atoms with E-state index in [1.165, 1.54) is 11.1 Å². The minimum Gasteiger partial charge on any atom is -0.496 e. The maximum atomic E-state index is 6.33. The summed E-state index contributed by atoms with van der Waals surface area (Å²) in [5.41, 5.74) is 9.61. The second-order valence-electron chi connectivity index (χ2n) is 5.88. The molecule has 2 N–H and O–H groups in total. The topological polar surface area (TPSA) is 35.2 Å². The molecule has 22 heavy (non-hydrogen) atoms. The Labute approximate surface area is 138 Å². The number of benzene rings is 2. The predicted octanol–water partition coefficient (Wildman–Crippen LogP) is 4.76. The molecule has 3 heteroatoms. The van der Waals surface area contributed by atoms with Crippen LogP contribution in [-0.4, -0.2) is 13.7 Å². The Morgan fingerprint density at radius 1 is 1.14 bits per heavy atom. The van der Waals surface area contributed by atoms with Crippen molar-refractivity contribution < 1.29 is 4.74 Å². The zero-order valence-electron chi connectivity index (χ0n) is 13.5. The van der Waals surface area contributed by atoms with E-state index in [2.05, 4.69) is 32.0 Å². The fourth-order valence-electron chi connectivity index (χ4n) is 2.71. The molecule has 2 nitrogen and oxygen atoms in total. The molecule has 1 atom stereocenters. The van der Waals surface area contributed by atoms with E-state index < -0.39 is 0 Å². The predicted molar refractivity (Wildman–Crippen MR) is 94.0 cm³/mol. The summed E-state index contributed by atoms with van der Waals surface area (Å²) in [5, 5.41) is 0.775. The van der Waals surface area contributed by atoms with Gasteiger partial charge in [0, 0.05) is 10.9 Å². The lowest BCUT2D eigenvalue weighted by Crippen LogP contribution is -2.16. The number of methoxy groups -OCH3 is 1. The Hall–Kier alpha value is -1.51. The molecule has 0 radical (unpaired) electrons. The summed E-state index contributed by atoms with van der Waals surface area (Å²) in [5.74, 6) is 1.58. The molecule has 0 aliphatic heterocycles. The molecule has 0 heterocycles. The van der Waals surface area contributed by atoms with Gasteiger partial charge in [-0.05, 0) is 47.7 Å². The number of hydrogen-bond acceptors (Lipinski definition) is 2. The van der Waals surface area contributed by atoms with E-state index in [1.807, 2.05) is 24.3 Å². The maximum Gasteiger partial charge on any atom is 0.122 e. The lowest BCUT2D eigenvalue weighted by atomic mass is 9.89. The molecule has 0 aliphatic carbocycles. The zero-order chi connectivity index (χ0) is 16.1. The minimum absolute atomic E-state index is 0.185. The van der Waals surface area contributed by atoms with Crippen LogP contribution in [0, 0.1) is 0 Å². The second-order valence-corrected chi connectivity index (χ2v) is 6.29. The van der Waals surface area contributed by atoms with E-state index in [0.717, 1.165) is 22.8 Å². The van der Waals surface area contributed by atoms with Gasteiger partial charge in [-0.25, -0.2) is 0 Å². The van der Waals surface area contributed by atoms with E-state index in [1.54, 1.807) is 7.11 Å². The lowest BCUT2D eigenvalue weighted by molar-refractivity contribution is 0.407. The van der Waals surface area contributed by atoms with E-state index in [0.29, 0.717) is 12.5 Å². The molecular formula is C19H24ClNO. The van der Waals surface area contributed by atoms with Gasteiger partial charge in [-0.15, -0.1) is 0 Å². The average Bonchev–Trinajstić information content (AvgIpc) is 2.53. The van der Waals surface area contributed by atoms with Crippen LogP contribution in [0.5, 0.6) is 5.75 Å². The third-order valence-electron chi connectivity index (χ3n) is 4.07. The highest BCUT2D eigenvalue weighted by molar-refractivity contribution is 6.31. The molecular weight excluding hydrogens is 294 g/mol. The largest absolute Gasteiger partial charge is 0.496 e. The highest BCUT2D eigenvalue weighted by Crippen LogP contribution is 2.31. The normalized spacial score (nSPS) is 12.5. The van der Waals surface area contributed by atoms with E-state index in [-0.39, 0.29) is 5.92 Å². The molecule has 2 rings (SSSR count). The Morgan fingerprint density at radius 3 is 2.45 bits per heavy atom. The SMILES string of the molecule is COc1ccc(C(C)C)cc1CC(CN)c1ccccc1Cl. The van der Waals surface area contributed by atoms with Crippen molar-refractivity contribution in [3.8, 4) is 5.75 Å². The van der Waals surface area contributed by atoms with E-state index in [4.69, 9.17) is 22.1 Å². The van der Waals surface area contributed by atoms with Crippen molar-refractivity contribution >= 4 is 11.6 Å². The molecule has 0 aromatic heterocycles. The molecule has 1 unspecified atom stereocenters. The molecule has 0 saturated carbocycles. The van der Waals surface area contributed by atoms with Crippen LogP contribution in [0.3, 0.4) is 0 Å². The molecule has 0 fully saturated rings. The maximum absolute atomic E-state index is 6.33. The van der Waals surface area contributed by atoms with Crippen molar-refractivity contribution in [3.05, 3.63) is 64.2 Å². The fourth-order valence-corrected chi connectivity index (χ4v) is 3.00. The molecule has 0 saturated heterocycles. The van der Waals surface area contributed by atoms with Crippen LogP contribution in [0.1, 0.15) is 42.4 Å².